The number of hydrogen-bond donors (Lipinski definition) is 0. The summed E-state index contributed by atoms with van der Waals surface area (Å²) < 4.78 is 0. The van der Waals surface area contributed by atoms with Crippen LogP contribution in [0, 0.1) is 11.3 Å². The normalized spacial score (nSPS) is 24.0. The summed E-state index contributed by atoms with van der Waals surface area (Å²) in [6.07, 6.45) is 0.598. The molecule has 3 heteroatoms. The first-order valence-corrected chi connectivity index (χ1v) is 6.89. The summed E-state index contributed by atoms with van der Waals surface area (Å²) in [6.45, 7) is 7.49. The van der Waals surface area contributed by atoms with Crippen LogP contribution in [-0.2, 0) is 6.54 Å². The standard InChI is InChI=1S/C16H23N3/c1-16(2)13-18(3)12-15(9-10-17)19(16)11-14-7-5-4-6-8-14/h4-8,15H,9,11-13H2,1-3H3. The van der Waals surface area contributed by atoms with Crippen LogP contribution in [-0.4, -0.2) is 41.5 Å². The van der Waals surface area contributed by atoms with Crippen molar-refractivity contribution < 1.29 is 0 Å². The zero-order valence-electron chi connectivity index (χ0n) is 12.1. The fourth-order valence-corrected chi connectivity index (χ4v) is 3.17. The summed E-state index contributed by atoms with van der Waals surface area (Å²) in [7, 11) is 2.14. The van der Waals surface area contributed by atoms with Crippen LogP contribution in [0.4, 0.5) is 0 Å². The molecule has 1 aliphatic heterocycles. The van der Waals surface area contributed by atoms with Crippen LogP contribution >= 0.6 is 0 Å². The minimum Gasteiger partial charge on any atom is -0.303 e. The molecular weight excluding hydrogens is 234 g/mol. The van der Waals surface area contributed by atoms with E-state index < -0.39 is 0 Å². The second kappa shape index (κ2) is 5.73. The van der Waals surface area contributed by atoms with Crippen molar-refractivity contribution in [3.8, 4) is 6.07 Å². The number of nitrogens with zero attached hydrogens (tertiary/aromatic N) is 3. The summed E-state index contributed by atoms with van der Waals surface area (Å²) in [4.78, 5) is 4.83. The number of benzene rings is 1. The largest absolute Gasteiger partial charge is 0.303 e. The fourth-order valence-electron chi connectivity index (χ4n) is 3.17. The van der Waals surface area contributed by atoms with Gasteiger partial charge < -0.3 is 4.90 Å². The van der Waals surface area contributed by atoms with Gasteiger partial charge in [-0.25, -0.2) is 0 Å². The zero-order chi connectivity index (χ0) is 13.9. The molecule has 1 saturated heterocycles. The van der Waals surface area contributed by atoms with Crippen molar-refractivity contribution in [2.24, 2.45) is 0 Å². The van der Waals surface area contributed by atoms with Crippen molar-refractivity contribution >= 4 is 0 Å². The molecule has 0 aromatic heterocycles. The van der Waals surface area contributed by atoms with E-state index in [2.05, 4.69) is 61.0 Å². The van der Waals surface area contributed by atoms with Gasteiger partial charge in [0, 0.05) is 31.2 Å². The van der Waals surface area contributed by atoms with E-state index in [9.17, 15) is 0 Å². The molecule has 19 heavy (non-hydrogen) atoms. The molecule has 0 spiro atoms. The van der Waals surface area contributed by atoms with Gasteiger partial charge in [0.25, 0.3) is 0 Å². The van der Waals surface area contributed by atoms with Gasteiger partial charge in [-0.3, -0.25) is 4.90 Å². The molecular formula is C16H23N3. The van der Waals surface area contributed by atoms with Crippen LogP contribution in [0.15, 0.2) is 30.3 Å². The lowest BCUT2D eigenvalue weighted by molar-refractivity contribution is -0.0204. The van der Waals surface area contributed by atoms with E-state index >= 15 is 0 Å². The van der Waals surface area contributed by atoms with Crippen LogP contribution in [0.5, 0.6) is 0 Å². The third-order valence-corrected chi connectivity index (χ3v) is 3.92. The van der Waals surface area contributed by atoms with Gasteiger partial charge in [-0.1, -0.05) is 30.3 Å². The quantitative estimate of drug-likeness (QED) is 0.833. The molecule has 1 fully saturated rings. The van der Waals surface area contributed by atoms with E-state index in [-0.39, 0.29) is 5.54 Å². The highest BCUT2D eigenvalue weighted by molar-refractivity contribution is 5.16. The monoisotopic (exact) mass is 257 g/mol. The summed E-state index contributed by atoms with van der Waals surface area (Å²) in [5.41, 5.74) is 1.42. The maximum atomic E-state index is 9.06. The summed E-state index contributed by atoms with van der Waals surface area (Å²) in [5, 5.41) is 9.06. The van der Waals surface area contributed by atoms with Gasteiger partial charge in [0.1, 0.15) is 0 Å². The van der Waals surface area contributed by atoms with Crippen molar-refractivity contribution in [1.82, 2.24) is 9.80 Å². The first kappa shape index (κ1) is 14.0. The highest BCUT2D eigenvalue weighted by atomic mass is 15.3. The third-order valence-electron chi connectivity index (χ3n) is 3.92. The number of likely N-dealkylation sites (N-methyl/N-ethyl adjacent to an activating group) is 1. The lowest BCUT2D eigenvalue weighted by atomic mass is 9.93. The topological polar surface area (TPSA) is 30.3 Å². The first-order chi connectivity index (χ1) is 9.03. The molecule has 102 valence electrons. The predicted octanol–water partition coefficient (Wildman–Crippen LogP) is 2.49. The molecule has 3 nitrogen and oxygen atoms in total. The smallest absolute Gasteiger partial charge is 0.0638 e. The molecule has 0 bridgehead atoms. The van der Waals surface area contributed by atoms with E-state index in [1.54, 1.807) is 0 Å². The van der Waals surface area contributed by atoms with E-state index in [1.807, 2.05) is 6.07 Å². The van der Waals surface area contributed by atoms with Crippen molar-refractivity contribution in [2.75, 3.05) is 20.1 Å². The molecule has 0 saturated carbocycles. The summed E-state index contributed by atoms with van der Waals surface area (Å²) in [5.74, 6) is 0. The molecule has 1 unspecified atom stereocenters. The van der Waals surface area contributed by atoms with Crippen LogP contribution in [0.3, 0.4) is 0 Å². The molecule has 1 aliphatic rings. The predicted molar refractivity (Wildman–Crippen MR) is 77.6 cm³/mol. The second-order valence-electron chi connectivity index (χ2n) is 6.14. The molecule has 1 atom stereocenters. The second-order valence-corrected chi connectivity index (χ2v) is 6.14. The van der Waals surface area contributed by atoms with Crippen LogP contribution in [0.25, 0.3) is 0 Å². The maximum Gasteiger partial charge on any atom is 0.0638 e. The van der Waals surface area contributed by atoms with Crippen molar-refractivity contribution in [3.63, 3.8) is 0 Å². The molecule has 0 amide bonds. The highest BCUT2D eigenvalue weighted by Gasteiger charge is 2.38. The number of rotatable bonds is 3. The summed E-state index contributed by atoms with van der Waals surface area (Å²) in [6, 6.07) is 13.2. The van der Waals surface area contributed by atoms with E-state index in [0.717, 1.165) is 19.6 Å². The Bertz CT molecular complexity index is 447. The van der Waals surface area contributed by atoms with Gasteiger partial charge in [0.05, 0.1) is 12.5 Å². The number of piperazine rings is 1. The molecule has 1 aromatic rings. The lowest BCUT2D eigenvalue weighted by Crippen LogP contribution is -2.62. The molecule has 2 rings (SSSR count). The maximum absolute atomic E-state index is 9.06. The highest BCUT2D eigenvalue weighted by Crippen LogP contribution is 2.28. The Kier molecular flexibility index (Phi) is 4.24. The van der Waals surface area contributed by atoms with E-state index in [1.165, 1.54) is 5.56 Å². The Morgan fingerprint density at radius 2 is 2.00 bits per heavy atom. The van der Waals surface area contributed by atoms with Gasteiger partial charge in [0.15, 0.2) is 0 Å². The van der Waals surface area contributed by atoms with Gasteiger partial charge in [-0.2, -0.15) is 5.26 Å². The van der Waals surface area contributed by atoms with Gasteiger partial charge >= 0.3 is 0 Å². The number of hydrogen-bond acceptors (Lipinski definition) is 3. The minimum absolute atomic E-state index is 0.102. The van der Waals surface area contributed by atoms with Crippen LogP contribution in [0.2, 0.25) is 0 Å². The SMILES string of the molecule is CN1CC(CC#N)N(Cc2ccccc2)C(C)(C)C1. The van der Waals surface area contributed by atoms with Crippen LogP contribution in [0.1, 0.15) is 25.8 Å². The number of nitriles is 1. The Labute approximate surface area is 116 Å². The molecule has 0 aliphatic carbocycles. The Morgan fingerprint density at radius 3 is 2.63 bits per heavy atom. The van der Waals surface area contributed by atoms with E-state index in [0.29, 0.717) is 12.5 Å². The Balaban J connectivity index is 2.20. The first-order valence-electron chi connectivity index (χ1n) is 6.89. The molecule has 0 N–H and O–H groups in total. The Morgan fingerprint density at radius 1 is 1.32 bits per heavy atom. The van der Waals surface area contributed by atoms with Crippen molar-refractivity contribution in [1.29, 1.82) is 5.26 Å². The van der Waals surface area contributed by atoms with Crippen molar-refractivity contribution in [3.05, 3.63) is 35.9 Å². The molecule has 1 aromatic carbocycles. The summed E-state index contributed by atoms with van der Waals surface area (Å²) >= 11 is 0. The average molecular weight is 257 g/mol. The van der Waals surface area contributed by atoms with Gasteiger partial charge in [-0.05, 0) is 26.5 Å². The van der Waals surface area contributed by atoms with Crippen LogP contribution < -0.4 is 0 Å². The third kappa shape index (κ3) is 3.34. The molecule has 1 heterocycles. The zero-order valence-corrected chi connectivity index (χ0v) is 12.1. The minimum atomic E-state index is 0.102. The van der Waals surface area contributed by atoms with Crippen molar-refractivity contribution in [2.45, 2.75) is 38.4 Å². The molecule has 0 radical (unpaired) electrons. The van der Waals surface area contributed by atoms with E-state index in [4.69, 9.17) is 5.26 Å². The van der Waals surface area contributed by atoms with Gasteiger partial charge in [0.2, 0.25) is 0 Å². The lowest BCUT2D eigenvalue weighted by Gasteiger charge is -2.50. The Hall–Kier alpha value is -1.37. The fraction of sp³-hybridized carbons (Fsp3) is 0.562. The van der Waals surface area contributed by atoms with Gasteiger partial charge in [-0.15, -0.1) is 0 Å². The average Bonchev–Trinajstić information content (AvgIpc) is 2.34.